The first-order valence-corrected chi connectivity index (χ1v) is 13.8. The van der Waals surface area contributed by atoms with E-state index in [2.05, 4.69) is 5.32 Å². The molecular formula is C30H27F3N2O7S. The number of carbonyl (C=O) groups is 5. The summed E-state index contributed by atoms with van der Waals surface area (Å²) in [5.41, 5.74) is 1.89. The van der Waals surface area contributed by atoms with Gasteiger partial charge >= 0.3 is 18.1 Å². The van der Waals surface area contributed by atoms with Crippen LogP contribution in [0.25, 0.3) is 10.4 Å². The highest BCUT2D eigenvalue weighted by atomic mass is 32.1. The van der Waals surface area contributed by atoms with E-state index in [-0.39, 0.29) is 24.0 Å². The van der Waals surface area contributed by atoms with Crippen molar-refractivity contribution in [1.29, 1.82) is 0 Å². The molecule has 2 aliphatic heterocycles. The van der Waals surface area contributed by atoms with Crippen molar-refractivity contribution in [2.45, 2.75) is 31.1 Å². The third-order valence-electron chi connectivity index (χ3n) is 7.55. The van der Waals surface area contributed by atoms with Crippen molar-refractivity contribution < 1.29 is 47.0 Å². The van der Waals surface area contributed by atoms with Gasteiger partial charge < -0.3 is 9.84 Å². The van der Waals surface area contributed by atoms with Crippen molar-refractivity contribution in [1.82, 2.24) is 10.2 Å². The minimum Gasteiger partial charge on any atom is -0.475 e. The van der Waals surface area contributed by atoms with E-state index in [9.17, 15) is 32.3 Å². The van der Waals surface area contributed by atoms with Crippen molar-refractivity contribution in [3.05, 3.63) is 82.7 Å². The number of Topliss-reactive ketones (excluding diaryl/α,β-unsaturated/α-hetero) is 1. The molecule has 2 N–H and O–H groups in total. The molecule has 2 aromatic carbocycles. The number of aliphatic carboxylic acids is 1. The third kappa shape index (κ3) is 6.09. The summed E-state index contributed by atoms with van der Waals surface area (Å²) in [5, 5.41) is 12.4. The zero-order valence-electron chi connectivity index (χ0n) is 23.2. The minimum absolute atomic E-state index is 0.0152. The van der Waals surface area contributed by atoms with Gasteiger partial charge in [-0.15, -0.1) is 11.3 Å². The van der Waals surface area contributed by atoms with Gasteiger partial charge in [-0.2, -0.15) is 13.2 Å². The van der Waals surface area contributed by atoms with Crippen LogP contribution in [0.15, 0.2) is 66.0 Å². The van der Waals surface area contributed by atoms with E-state index in [0.717, 1.165) is 26.5 Å². The smallest absolute Gasteiger partial charge is 0.475 e. The number of imide groups is 1. The van der Waals surface area contributed by atoms with Crippen LogP contribution >= 0.6 is 11.3 Å². The van der Waals surface area contributed by atoms with Crippen LogP contribution in [-0.4, -0.2) is 65.4 Å². The Morgan fingerprint density at radius 3 is 2.16 bits per heavy atom. The molecule has 2 fully saturated rings. The number of benzene rings is 2. The Morgan fingerprint density at radius 2 is 1.65 bits per heavy atom. The maximum Gasteiger partial charge on any atom is 0.490 e. The SMILES string of the molecule is COC(=O)[C@]1(Cc2ccccc2)N[C@H](c2ccc(-c3cc(C(C)=O)cs3)cc2)[C@@H]2C(=O)N(C)C(=O)[C@@H]21.O=C(O)C(F)(F)F. The quantitative estimate of drug-likeness (QED) is 0.239. The molecule has 2 aliphatic rings. The number of fused-ring (bicyclic) bond motifs is 1. The van der Waals surface area contributed by atoms with E-state index in [1.807, 2.05) is 66.0 Å². The maximum absolute atomic E-state index is 13.3. The third-order valence-corrected chi connectivity index (χ3v) is 8.53. The van der Waals surface area contributed by atoms with Crippen LogP contribution < -0.4 is 5.32 Å². The van der Waals surface area contributed by atoms with Gasteiger partial charge in [0.1, 0.15) is 5.54 Å². The lowest BCUT2D eigenvalue weighted by atomic mass is 9.76. The van der Waals surface area contributed by atoms with E-state index in [0.29, 0.717) is 5.56 Å². The summed E-state index contributed by atoms with van der Waals surface area (Å²) >= 11 is 1.49. The molecule has 9 nitrogen and oxygen atoms in total. The van der Waals surface area contributed by atoms with Gasteiger partial charge in [0.2, 0.25) is 11.8 Å². The molecule has 4 atom stereocenters. The zero-order valence-corrected chi connectivity index (χ0v) is 24.0. The van der Waals surface area contributed by atoms with Gasteiger partial charge in [0.25, 0.3) is 0 Å². The van der Waals surface area contributed by atoms with Gasteiger partial charge in [-0.1, -0.05) is 54.6 Å². The van der Waals surface area contributed by atoms with E-state index in [1.165, 1.54) is 32.4 Å². The molecule has 1 aromatic heterocycles. The summed E-state index contributed by atoms with van der Waals surface area (Å²) in [6.07, 6.45) is -4.87. The Morgan fingerprint density at radius 1 is 1.05 bits per heavy atom. The molecule has 3 heterocycles. The number of halogens is 3. The maximum atomic E-state index is 13.3. The number of esters is 1. The van der Waals surface area contributed by atoms with E-state index in [1.54, 1.807) is 0 Å². The number of methoxy groups -OCH3 is 1. The molecule has 2 amide bonds. The van der Waals surface area contributed by atoms with E-state index < -0.39 is 41.5 Å². The molecule has 0 unspecified atom stereocenters. The van der Waals surface area contributed by atoms with Crippen molar-refractivity contribution >= 4 is 40.9 Å². The first-order chi connectivity index (χ1) is 20.2. The number of nitrogens with zero attached hydrogens (tertiary/aromatic N) is 1. The molecule has 13 heteroatoms. The van der Waals surface area contributed by atoms with Crippen molar-refractivity contribution in [2.24, 2.45) is 11.8 Å². The number of nitrogens with one attached hydrogen (secondary N) is 1. The molecule has 43 heavy (non-hydrogen) atoms. The molecular weight excluding hydrogens is 589 g/mol. The summed E-state index contributed by atoms with van der Waals surface area (Å²) in [6.45, 7) is 1.54. The second-order valence-electron chi connectivity index (χ2n) is 10.2. The standard InChI is InChI=1S/C28H26N2O5S.C2HF3O2/c1-16(31)20-13-21(36-15-20)18-9-11-19(12-10-18)24-22-23(26(33)30(2)25(22)32)28(29-24,27(34)35-3)14-17-7-5-4-6-8-17;3-2(4,5)1(6)7/h4-13,15,22-24,29H,14H2,1-3H3;(H,6,7)/t22-,23-,24-,28-;/m1./s1. The van der Waals surface area contributed by atoms with E-state index >= 15 is 0 Å². The zero-order chi connectivity index (χ0) is 31.7. The second-order valence-corrected chi connectivity index (χ2v) is 11.1. The number of hydrogen-bond donors (Lipinski definition) is 2. The predicted octanol–water partition coefficient (Wildman–Crippen LogP) is 4.28. The largest absolute Gasteiger partial charge is 0.490 e. The fourth-order valence-corrected chi connectivity index (χ4v) is 6.44. The topological polar surface area (TPSA) is 130 Å². The number of thiophene rings is 1. The Hall–Kier alpha value is -4.36. The van der Waals surface area contributed by atoms with Crippen molar-refractivity contribution in [3.63, 3.8) is 0 Å². The molecule has 2 saturated heterocycles. The summed E-state index contributed by atoms with van der Waals surface area (Å²) < 4.78 is 36.9. The van der Waals surface area contributed by atoms with Gasteiger partial charge in [-0.25, -0.2) is 4.79 Å². The predicted molar refractivity (Wildman–Crippen MR) is 149 cm³/mol. The molecule has 0 aliphatic carbocycles. The van der Waals surface area contributed by atoms with E-state index in [4.69, 9.17) is 14.6 Å². The normalized spacial score (nSPS) is 22.9. The summed E-state index contributed by atoms with van der Waals surface area (Å²) in [6, 6.07) is 18.4. The van der Waals surface area contributed by atoms with Crippen LogP contribution in [0.2, 0.25) is 0 Å². The summed E-state index contributed by atoms with van der Waals surface area (Å²) in [4.78, 5) is 62.6. The lowest BCUT2D eigenvalue weighted by molar-refractivity contribution is -0.192. The van der Waals surface area contributed by atoms with Crippen LogP contribution in [-0.2, 0) is 30.3 Å². The Kier molecular flexibility index (Phi) is 8.88. The molecule has 3 aromatic rings. The highest BCUT2D eigenvalue weighted by molar-refractivity contribution is 7.13. The number of carboxylic acids is 1. The fraction of sp³-hybridized carbons (Fsp3) is 0.300. The van der Waals surface area contributed by atoms with Gasteiger partial charge in [-0.3, -0.25) is 29.4 Å². The average Bonchev–Trinajstić information content (AvgIpc) is 3.66. The molecule has 0 radical (unpaired) electrons. The monoisotopic (exact) mass is 616 g/mol. The van der Waals surface area contributed by atoms with Crippen LogP contribution in [0.5, 0.6) is 0 Å². The number of alkyl halides is 3. The molecule has 0 spiro atoms. The molecule has 0 bridgehead atoms. The number of carboxylic acid groups (broad SMARTS) is 1. The van der Waals surface area contributed by atoms with Crippen LogP contribution in [0.4, 0.5) is 13.2 Å². The lowest BCUT2D eigenvalue weighted by Crippen LogP contribution is -2.57. The van der Waals surface area contributed by atoms with Gasteiger partial charge in [-0.05, 0) is 29.7 Å². The van der Waals surface area contributed by atoms with Gasteiger partial charge in [0.05, 0.1) is 18.9 Å². The molecule has 5 rings (SSSR count). The highest BCUT2D eigenvalue weighted by Gasteiger charge is 2.68. The number of amides is 2. The highest BCUT2D eigenvalue weighted by Crippen LogP contribution is 2.50. The Bertz CT molecular complexity index is 1560. The van der Waals surface area contributed by atoms with Crippen LogP contribution in [0.1, 0.15) is 34.5 Å². The summed E-state index contributed by atoms with van der Waals surface area (Å²) in [7, 11) is 2.77. The number of likely N-dealkylation sites (tertiary alicyclic amines) is 1. The fourth-order valence-electron chi connectivity index (χ4n) is 5.48. The lowest BCUT2D eigenvalue weighted by Gasteiger charge is -2.32. The molecule has 0 saturated carbocycles. The molecule has 226 valence electrons. The number of hydrogen-bond acceptors (Lipinski definition) is 8. The summed E-state index contributed by atoms with van der Waals surface area (Å²) in [5.74, 6) is -5.62. The first-order valence-electron chi connectivity index (χ1n) is 12.9. The average molecular weight is 617 g/mol. The number of carbonyl (C=O) groups excluding carboxylic acids is 4. The van der Waals surface area contributed by atoms with Crippen LogP contribution in [0.3, 0.4) is 0 Å². The Labute approximate surface area is 248 Å². The minimum atomic E-state index is -5.08. The van der Waals surface area contributed by atoms with Gasteiger partial charge in [0.15, 0.2) is 5.78 Å². The second kappa shape index (κ2) is 12.1. The van der Waals surface area contributed by atoms with Crippen LogP contribution in [0, 0.1) is 11.8 Å². The Balaban J connectivity index is 0.000000541. The number of ether oxygens (including phenoxy) is 1. The van der Waals surface area contributed by atoms with Gasteiger partial charge in [0, 0.05) is 35.3 Å². The van der Waals surface area contributed by atoms with Crippen molar-refractivity contribution in [3.8, 4) is 10.4 Å². The first kappa shape index (κ1) is 31.6. The number of ketones is 1. The number of rotatable bonds is 6. The van der Waals surface area contributed by atoms with Crippen molar-refractivity contribution in [2.75, 3.05) is 14.2 Å².